The lowest BCUT2D eigenvalue weighted by Gasteiger charge is -2.26. The number of rotatable bonds is 9. The highest BCUT2D eigenvalue weighted by atomic mass is 15.1. The van der Waals surface area contributed by atoms with E-state index in [1.165, 1.54) is 88.7 Å². The Hall–Kier alpha value is -7.74. The first-order valence-electron chi connectivity index (χ1n) is 21.1. The van der Waals surface area contributed by atoms with Gasteiger partial charge in [-0.15, -0.1) is 0 Å². The van der Waals surface area contributed by atoms with Crippen molar-refractivity contribution in [1.82, 2.24) is 0 Å². The lowest BCUT2D eigenvalue weighted by molar-refractivity contribution is 1.28. The molecule has 0 amide bonds. The summed E-state index contributed by atoms with van der Waals surface area (Å²) in [6.45, 7) is 4.39. The van der Waals surface area contributed by atoms with Crippen molar-refractivity contribution in [3.05, 3.63) is 248 Å². The third-order valence-electron chi connectivity index (χ3n) is 12.0. The summed E-state index contributed by atoms with van der Waals surface area (Å²) in [5, 5.41) is 2.51. The number of aryl methyl sites for hydroxylation is 2. The molecule has 290 valence electrons. The molecule has 0 bridgehead atoms. The molecule has 0 saturated carbocycles. The van der Waals surface area contributed by atoms with E-state index in [-0.39, 0.29) is 0 Å². The highest BCUT2D eigenvalue weighted by Gasteiger charge is 2.16. The molecule has 0 radical (unpaired) electrons. The molecule has 0 aliphatic carbocycles. The third-order valence-corrected chi connectivity index (χ3v) is 12.0. The maximum atomic E-state index is 2.36. The second-order valence-electron chi connectivity index (χ2n) is 15.8. The minimum absolute atomic E-state index is 1.10. The first-order valence-corrected chi connectivity index (χ1v) is 21.1. The SMILES string of the molecule is Cc1cccc(C)c1-c1ccc(N(c2ccc(-c3ccc(-c4ccccc4-c4ccccc4)cc3)cc2)c2ccc(-c3ccc(-c4ccccc4)c4ccccc34)cc2)cc1. The van der Waals surface area contributed by atoms with Crippen molar-refractivity contribution in [2.75, 3.05) is 4.90 Å². The van der Waals surface area contributed by atoms with Crippen LogP contribution in [-0.4, -0.2) is 0 Å². The Morgan fingerprint density at radius 1 is 0.230 bits per heavy atom. The van der Waals surface area contributed by atoms with Crippen molar-refractivity contribution >= 4 is 27.8 Å². The molecule has 0 aliphatic rings. The number of benzene rings is 10. The number of hydrogen-bond donors (Lipinski definition) is 0. The second-order valence-corrected chi connectivity index (χ2v) is 15.8. The molecule has 0 atom stereocenters. The van der Waals surface area contributed by atoms with Crippen molar-refractivity contribution in [2.45, 2.75) is 13.8 Å². The normalized spacial score (nSPS) is 11.1. The molecule has 0 aliphatic heterocycles. The molecule has 10 rings (SSSR count). The summed E-state index contributed by atoms with van der Waals surface area (Å²) in [5.41, 5.74) is 20.6. The fourth-order valence-electron chi connectivity index (χ4n) is 8.95. The Morgan fingerprint density at radius 2 is 0.557 bits per heavy atom. The van der Waals surface area contributed by atoms with Crippen LogP contribution in [0.1, 0.15) is 11.1 Å². The van der Waals surface area contributed by atoms with Crippen LogP contribution in [0.15, 0.2) is 237 Å². The maximum absolute atomic E-state index is 2.36. The Bertz CT molecular complexity index is 3070. The van der Waals surface area contributed by atoms with E-state index in [1.54, 1.807) is 0 Å². The van der Waals surface area contributed by atoms with E-state index in [9.17, 15) is 0 Å². The average molecular weight is 780 g/mol. The van der Waals surface area contributed by atoms with Crippen LogP contribution in [-0.2, 0) is 0 Å². The molecule has 0 saturated heterocycles. The molecule has 0 heterocycles. The van der Waals surface area contributed by atoms with Gasteiger partial charge in [-0.25, -0.2) is 0 Å². The van der Waals surface area contributed by atoms with Gasteiger partial charge in [0.05, 0.1) is 0 Å². The van der Waals surface area contributed by atoms with Crippen LogP contribution >= 0.6 is 0 Å². The van der Waals surface area contributed by atoms with Crippen molar-refractivity contribution in [3.63, 3.8) is 0 Å². The van der Waals surface area contributed by atoms with Gasteiger partial charge in [0.15, 0.2) is 0 Å². The summed E-state index contributed by atoms with van der Waals surface area (Å²) >= 11 is 0. The van der Waals surface area contributed by atoms with E-state index >= 15 is 0 Å². The van der Waals surface area contributed by atoms with Crippen LogP contribution in [0.4, 0.5) is 17.1 Å². The fourth-order valence-corrected chi connectivity index (χ4v) is 8.95. The Morgan fingerprint density at radius 3 is 1.03 bits per heavy atom. The zero-order chi connectivity index (χ0) is 41.1. The van der Waals surface area contributed by atoms with Gasteiger partial charge >= 0.3 is 0 Å². The van der Waals surface area contributed by atoms with Crippen molar-refractivity contribution in [2.24, 2.45) is 0 Å². The minimum atomic E-state index is 1.10. The Kier molecular flexibility index (Phi) is 10.1. The highest BCUT2D eigenvalue weighted by Crippen LogP contribution is 2.41. The van der Waals surface area contributed by atoms with E-state index in [4.69, 9.17) is 0 Å². The van der Waals surface area contributed by atoms with Gasteiger partial charge in [0.25, 0.3) is 0 Å². The third kappa shape index (κ3) is 7.43. The fraction of sp³-hybridized carbons (Fsp3) is 0.0333. The maximum Gasteiger partial charge on any atom is 0.0462 e. The van der Waals surface area contributed by atoms with Gasteiger partial charge in [-0.05, 0) is 139 Å². The summed E-state index contributed by atoms with van der Waals surface area (Å²) in [6, 6.07) is 85.8. The quantitative estimate of drug-likeness (QED) is 0.141. The molecule has 0 spiro atoms. The molecule has 61 heavy (non-hydrogen) atoms. The van der Waals surface area contributed by atoms with Gasteiger partial charge in [0.2, 0.25) is 0 Å². The average Bonchev–Trinajstić information content (AvgIpc) is 3.33. The van der Waals surface area contributed by atoms with Crippen LogP contribution in [0.3, 0.4) is 0 Å². The van der Waals surface area contributed by atoms with Crippen molar-refractivity contribution in [3.8, 4) is 66.8 Å². The Labute approximate surface area is 359 Å². The zero-order valence-electron chi connectivity index (χ0n) is 34.5. The molecule has 0 fully saturated rings. The summed E-state index contributed by atoms with van der Waals surface area (Å²) in [5.74, 6) is 0. The molecular formula is C60H45N. The van der Waals surface area contributed by atoms with Gasteiger partial charge in [-0.3, -0.25) is 0 Å². The second kappa shape index (κ2) is 16.5. The molecule has 1 heteroatoms. The van der Waals surface area contributed by atoms with Gasteiger partial charge in [0, 0.05) is 17.1 Å². The summed E-state index contributed by atoms with van der Waals surface area (Å²) in [7, 11) is 0. The molecule has 0 aromatic heterocycles. The molecule has 10 aromatic carbocycles. The summed E-state index contributed by atoms with van der Waals surface area (Å²) < 4.78 is 0. The zero-order valence-corrected chi connectivity index (χ0v) is 34.5. The smallest absolute Gasteiger partial charge is 0.0462 e. The van der Waals surface area contributed by atoms with Crippen LogP contribution in [0, 0.1) is 13.8 Å². The minimum Gasteiger partial charge on any atom is -0.311 e. The standard InChI is InChI=1S/C60H45N/c1-42-14-13-15-43(2)60(42)50-32-38-53(39-33-50)61(52-36-30-49(31-37-52)57-41-40-56(47-18-7-4-8-19-47)58-22-11-12-23-59(57)58)51-34-28-45(29-35-51)44-24-26-48(27-25-44)55-21-10-9-20-54(55)46-16-5-3-6-17-46/h3-41H,1-2H3. The van der Waals surface area contributed by atoms with Crippen molar-refractivity contribution < 1.29 is 0 Å². The van der Waals surface area contributed by atoms with Crippen LogP contribution < -0.4 is 4.90 Å². The van der Waals surface area contributed by atoms with E-state index in [0.717, 1.165) is 17.1 Å². The molecular weight excluding hydrogens is 735 g/mol. The van der Waals surface area contributed by atoms with Gasteiger partial charge in [0.1, 0.15) is 0 Å². The largest absolute Gasteiger partial charge is 0.311 e. The highest BCUT2D eigenvalue weighted by molar-refractivity contribution is 6.05. The van der Waals surface area contributed by atoms with Crippen LogP contribution in [0.2, 0.25) is 0 Å². The molecule has 0 unspecified atom stereocenters. The number of nitrogens with zero attached hydrogens (tertiary/aromatic N) is 1. The lowest BCUT2D eigenvalue weighted by atomic mass is 9.92. The van der Waals surface area contributed by atoms with E-state index in [0.29, 0.717) is 0 Å². The van der Waals surface area contributed by atoms with Crippen LogP contribution in [0.5, 0.6) is 0 Å². The van der Waals surface area contributed by atoms with E-state index < -0.39 is 0 Å². The van der Waals surface area contributed by atoms with Gasteiger partial charge in [-0.2, -0.15) is 0 Å². The predicted molar refractivity (Wildman–Crippen MR) is 261 cm³/mol. The molecule has 10 aromatic rings. The first-order chi connectivity index (χ1) is 30.1. The summed E-state index contributed by atoms with van der Waals surface area (Å²) in [4.78, 5) is 2.36. The number of fused-ring (bicyclic) bond motifs is 1. The molecule has 0 N–H and O–H groups in total. The Balaban J connectivity index is 0.996. The predicted octanol–water partition coefficient (Wildman–Crippen LogP) is 16.9. The monoisotopic (exact) mass is 779 g/mol. The van der Waals surface area contributed by atoms with E-state index in [1.807, 2.05) is 0 Å². The lowest BCUT2D eigenvalue weighted by Crippen LogP contribution is -2.09. The van der Waals surface area contributed by atoms with Gasteiger partial charge in [-0.1, -0.05) is 200 Å². The molecule has 1 nitrogen and oxygen atoms in total. The van der Waals surface area contributed by atoms with E-state index in [2.05, 4.69) is 255 Å². The number of hydrogen-bond acceptors (Lipinski definition) is 1. The van der Waals surface area contributed by atoms with Crippen LogP contribution in [0.25, 0.3) is 77.5 Å². The number of anilines is 3. The van der Waals surface area contributed by atoms with Gasteiger partial charge < -0.3 is 4.90 Å². The first kappa shape index (κ1) is 37.5. The summed E-state index contributed by atoms with van der Waals surface area (Å²) in [6.07, 6.45) is 0. The topological polar surface area (TPSA) is 3.24 Å². The van der Waals surface area contributed by atoms with Crippen molar-refractivity contribution in [1.29, 1.82) is 0 Å².